The van der Waals surface area contributed by atoms with Crippen LogP contribution in [0.3, 0.4) is 0 Å². The summed E-state index contributed by atoms with van der Waals surface area (Å²) in [5, 5.41) is 0.404. The number of hydrogen-bond donors (Lipinski definition) is 1. The van der Waals surface area contributed by atoms with Crippen molar-refractivity contribution in [3.63, 3.8) is 0 Å². The molecule has 1 aromatic carbocycles. The van der Waals surface area contributed by atoms with Gasteiger partial charge in [0.15, 0.2) is 0 Å². The molecule has 118 valence electrons. The summed E-state index contributed by atoms with van der Waals surface area (Å²) in [6, 6.07) is 8.20. The molecule has 0 bridgehead atoms. The fourth-order valence-corrected chi connectivity index (χ4v) is 3.18. The van der Waals surface area contributed by atoms with Crippen LogP contribution in [-0.4, -0.2) is 24.7 Å². The molecular weight excluding hydrogens is 321 g/mol. The highest BCUT2D eigenvalue weighted by atomic mass is 35.5. The van der Waals surface area contributed by atoms with Crippen molar-refractivity contribution < 1.29 is 4.74 Å². The van der Waals surface area contributed by atoms with Gasteiger partial charge in [-0.15, -0.1) is 0 Å². The standard InChI is InChI=1S/C16H19Cl2N3O/c1-2-22-10-16(7-8-16)11-5-3-4-6-13(11)21-9-12(17)14(19)20-15(21)18/h3-6,9,15H,2,7-8,10H2,1H3,(H2,19,20). The number of nitrogens with two attached hydrogens (primary N) is 1. The van der Waals surface area contributed by atoms with E-state index in [9.17, 15) is 0 Å². The average Bonchev–Trinajstić information content (AvgIpc) is 3.30. The highest BCUT2D eigenvalue weighted by Crippen LogP contribution is 2.52. The third kappa shape index (κ3) is 2.83. The molecule has 4 nitrogen and oxygen atoms in total. The lowest BCUT2D eigenvalue weighted by molar-refractivity contribution is 0.125. The first-order valence-electron chi connectivity index (χ1n) is 7.38. The molecule has 0 amide bonds. The molecule has 0 aromatic heterocycles. The molecule has 1 atom stereocenters. The quantitative estimate of drug-likeness (QED) is 0.659. The monoisotopic (exact) mass is 339 g/mol. The van der Waals surface area contributed by atoms with Crippen molar-refractivity contribution in [1.82, 2.24) is 0 Å². The van der Waals surface area contributed by atoms with Gasteiger partial charge in [0.1, 0.15) is 5.84 Å². The summed E-state index contributed by atoms with van der Waals surface area (Å²) < 4.78 is 5.68. The Balaban J connectivity index is 1.96. The van der Waals surface area contributed by atoms with Crippen LogP contribution in [0.15, 0.2) is 40.5 Å². The molecule has 1 fully saturated rings. The van der Waals surface area contributed by atoms with E-state index in [1.165, 1.54) is 5.56 Å². The Labute approximate surface area is 140 Å². The van der Waals surface area contributed by atoms with Crippen molar-refractivity contribution in [2.45, 2.75) is 30.8 Å². The Morgan fingerprint density at radius 2 is 2.14 bits per heavy atom. The summed E-state index contributed by atoms with van der Waals surface area (Å²) in [6.45, 7) is 3.46. The Hall–Kier alpha value is -1.23. The number of benzene rings is 1. The zero-order valence-electron chi connectivity index (χ0n) is 12.4. The van der Waals surface area contributed by atoms with Crippen molar-refractivity contribution in [3.05, 3.63) is 41.1 Å². The van der Waals surface area contributed by atoms with Gasteiger partial charge in [-0.3, -0.25) is 0 Å². The zero-order valence-corrected chi connectivity index (χ0v) is 13.9. The van der Waals surface area contributed by atoms with Crippen LogP contribution in [0.5, 0.6) is 0 Å². The molecule has 1 unspecified atom stereocenters. The van der Waals surface area contributed by atoms with Gasteiger partial charge in [-0.2, -0.15) is 0 Å². The molecular formula is C16H19Cl2N3O. The number of hydrogen-bond acceptors (Lipinski definition) is 4. The lowest BCUT2D eigenvalue weighted by Crippen LogP contribution is -2.34. The van der Waals surface area contributed by atoms with E-state index in [1.807, 2.05) is 30.0 Å². The highest BCUT2D eigenvalue weighted by Gasteiger charge is 2.46. The number of alkyl halides is 1. The molecule has 6 heteroatoms. The minimum absolute atomic E-state index is 0.0796. The topological polar surface area (TPSA) is 50.9 Å². The van der Waals surface area contributed by atoms with Crippen LogP contribution in [0.25, 0.3) is 0 Å². The second kappa shape index (κ2) is 6.11. The van der Waals surface area contributed by atoms with Crippen molar-refractivity contribution in [2.24, 2.45) is 10.7 Å². The van der Waals surface area contributed by atoms with E-state index in [0.29, 0.717) is 5.03 Å². The van der Waals surface area contributed by atoms with Crippen molar-refractivity contribution >= 4 is 34.7 Å². The Kier molecular flexibility index (Phi) is 4.35. The molecule has 1 aromatic rings. The summed E-state index contributed by atoms with van der Waals surface area (Å²) in [7, 11) is 0. The number of halogens is 2. The zero-order chi connectivity index (χ0) is 15.7. The molecule has 0 saturated heterocycles. The van der Waals surface area contributed by atoms with Crippen LogP contribution in [-0.2, 0) is 10.2 Å². The van der Waals surface area contributed by atoms with Crippen LogP contribution in [0.2, 0.25) is 0 Å². The lowest BCUT2D eigenvalue weighted by Gasteiger charge is -2.31. The molecule has 0 spiro atoms. The number of para-hydroxylation sites is 1. The molecule has 22 heavy (non-hydrogen) atoms. The highest BCUT2D eigenvalue weighted by molar-refractivity contribution is 6.43. The lowest BCUT2D eigenvalue weighted by atomic mass is 9.94. The van der Waals surface area contributed by atoms with Crippen molar-refractivity contribution in [1.29, 1.82) is 0 Å². The second-order valence-electron chi connectivity index (χ2n) is 5.64. The fourth-order valence-electron chi connectivity index (χ4n) is 2.76. The van der Waals surface area contributed by atoms with Crippen molar-refractivity contribution in [2.75, 3.05) is 18.1 Å². The number of rotatable bonds is 5. The summed E-state index contributed by atoms with van der Waals surface area (Å²) in [5.74, 6) is 0.269. The normalized spacial score (nSPS) is 23.0. The maximum Gasteiger partial charge on any atom is 0.203 e. The van der Waals surface area contributed by atoms with E-state index < -0.39 is 5.62 Å². The van der Waals surface area contributed by atoms with E-state index in [2.05, 4.69) is 11.1 Å². The molecule has 2 N–H and O–H groups in total. The second-order valence-corrected chi connectivity index (χ2v) is 6.44. The van der Waals surface area contributed by atoms with Gasteiger partial charge in [-0.25, -0.2) is 4.99 Å². The first kappa shape index (κ1) is 15.7. The predicted molar refractivity (Wildman–Crippen MR) is 91.5 cm³/mol. The largest absolute Gasteiger partial charge is 0.383 e. The Bertz CT molecular complexity index is 626. The van der Waals surface area contributed by atoms with Gasteiger partial charge in [0.25, 0.3) is 0 Å². The molecule has 1 saturated carbocycles. The smallest absolute Gasteiger partial charge is 0.203 e. The first-order chi connectivity index (χ1) is 10.6. The summed E-state index contributed by atoms with van der Waals surface area (Å²) in [4.78, 5) is 6.04. The van der Waals surface area contributed by atoms with Crippen LogP contribution >= 0.6 is 23.2 Å². The van der Waals surface area contributed by atoms with Crippen LogP contribution in [0, 0.1) is 0 Å². The van der Waals surface area contributed by atoms with Gasteiger partial charge in [0.2, 0.25) is 5.62 Å². The van der Waals surface area contributed by atoms with Gasteiger partial charge < -0.3 is 15.4 Å². The minimum Gasteiger partial charge on any atom is -0.383 e. The van der Waals surface area contributed by atoms with E-state index in [1.54, 1.807) is 6.20 Å². The van der Waals surface area contributed by atoms with E-state index >= 15 is 0 Å². The third-order valence-corrected chi connectivity index (χ3v) is 4.76. The van der Waals surface area contributed by atoms with Crippen molar-refractivity contribution in [3.8, 4) is 0 Å². The SMILES string of the molecule is CCOCC1(c2ccccc2N2C=C(Cl)C(N)=NC2Cl)CC1. The maximum absolute atomic E-state index is 6.35. The molecule has 1 heterocycles. The fraction of sp³-hybridized carbons (Fsp3) is 0.438. The van der Waals surface area contributed by atoms with Gasteiger partial charge in [0.05, 0.1) is 11.6 Å². The first-order valence-corrected chi connectivity index (χ1v) is 8.19. The van der Waals surface area contributed by atoms with Crippen LogP contribution in [0.4, 0.5) is 5.69 Å². The number of aliphatic imine (C=N–C) groups is 1. The number of nitrogens with zero attached hydrogens (tertiary/aromatic N) is 2. The average molecular weight is 340 g/mol. The molecule has 1 aliphatic heterocycles. The number of ether oxygens (including phenoxy) is 1. The van der Waals surface area contributed by atoms with Gasteiger partial charge in [-0.05, 0) is 31.4 Å². The number of anilines is 1. The summed E-state index contributed by atoms with van der Waals surface area (Å²) in [5.41, 5.74) is 7.45. The predicted octanol–water partition coefficient (Wildman–Crippen LogP) is 3.53. The summed E-state index contributed by atoms with van der Waals surface area (Å²) in [6.07, 6.45) is 3.98. The number of amidine groups is 1. The molecule has 0 radical (unpaired) electrons. The van der Waals surface area contributed by atoms with Gasteiger partial charge in [-0.1, -0.05) is 41.4 Å². The minimum atomic E-state index is -0.591. The van der Waals surface area contributed by atoms with Gasteiger partial charge in [0, 0.05) is 23.9 Å². The van der Waals surface area contributed by atoms with Crippen LogP contribution < -0.4 is 10.6 Å². The molecule has 1 aliphatic carbocycles. The van der Waals surface area contributed by atoms with Gasteiger partial charge >= 0.3 is 0 Å². The Morgan fingerprint density at radius 1 is 1.41 bits per heavy atom. The van der Waals surface area contributed by atoms with E-state index in [-0.39, 0.29) is 11.3 Å². The van der Waals surface area contributed by atoms with E-state index in [4.69, 9.17) is 33.7 Å². The molecule has 2 aliphatic rings. The van der Waals surface area contributed by atoms with E-state index in [0.717, 1.165) is 31.7 Å². The van der Waals surface area contributed by atoms with Crippen LogP contribution in [0.1, 0.15) is 25.3 Å². The third-order valence-electron chi connectivity index (χ3n) is 4.16. The molecule has 3 rings (SSSR count). The Morgan fingerprint density at radius 3 is 2.82 bits per heavy atom. The summed E-state index contributed by atoms with van der Waals surface area (Å²) >= 11 is 12.5. The maximum atomic E-state index is 6.35.